The molecule has 2 aromatic heterocycles. The number of nitrogens with one attached hydrogen (secondary N) is 1. The molecule has 360 valence electrons. The van der Waals surface area contributed by atoms with E-state index >= 15 is 0 Å². The van der Waals surface area contributed by atoms with Crippen molar-refractivity contribution >= 4 is 51.6 Å². The fraction of sp³-hybridized carbons (Fsp3) is 0.386. The van der Waals surface area contributed by atoms with Gasteiger partial charge in [-0.05, 0) is 180 Å². The van der Waals surface area contributed by atoms with Crippen molar-refractivity contribution in [3.8, 4) is 0 Å². The average molecular weight is 964 g/mol. The first-order valence-corrected chi connectivity index (χ1v) is 25.4. The molecule has 0 radical (unpaired) electrons. The third-order valence-electron chi connectivity index (χ3n) is 13.6. The van der Waals surface area contributed by atoms with Gasteiger partial charge < -0.3 is 34.7 Å². The molecule has 4 aromatic rings. The maximum Gasteiger partial charge on any atom is 0.410 e. The second-order valence-electron chi connectivity index (χ2n) is 19.9. The number of rotatable bonds is 10. The van der Waals surface area contributed by atoms with Crippen LogP contribution in [0.4, 0.5) is 4.79 Å². The number of nitrogens with zero attached hydrogens (tertiary/aromatic N) is 7. The average Bonchev–Trinajstić information content (AvgIpc) is 3.89. The highest BCUT2D eigenvalue weighted by Crippen LogP contribution is 2.48. The Labute approximate surface area is 418 Å². The lowest BCUT2D eigenvalue weighted by Crippen LogP contribution is -2.42. The third-order valence-corrected chi connectivity index (χ3v) is 14.1. The molecule has 2 aliphatic carbocycles. The SMILES string of the molecule is Cc1cn(CCCC2=CC3=CC=C[N-]C3=C(C3CCN(C(=O)OC(C)(C)C)CC3)c3ccc(Cl)cc32)cn1.Cc1cn(CCCC2=CC3=CC=C[N-]C3=C(C3CCNCC3)c3ccc(Cl)cc32)cn1. The molecule has 0 spiro atoms. The van der Waals surface area contributed by atoms with Crippen LogP contribution in [0.3, 0.4) is 0 Å². The number of carbonyl (C=O) groups is 1. The number of allylic oxidation sites excluding steroid dienone is 10. The van der Waals surface area contributed by atoms with E-state index in [1.807, 2.05) is 88.9 Å². The van der Waals surface area contributed by atoms with Crippen LogP contribution in [0, 0.1) is 25.7 Å². The summed E-state index contributed by atoms with van der Waals surface area (Å²) in [7, 11) is 0. The minimum atomic E-state index is -0.496. The lowest BCUT2D eigenvalue weighted by atomic mass is 9.81. The van der Waals surface area contributed by atoms with Crippen molar-refractivity contribution in [1.82, 2.24) is 29.3 Å². The molecule has 0 unspecified atom stereocenters. The van der Waals surface area contributed by atoms with Crippen molar-refractivity contribution in [1.29, 1.82) is 0 Å². The molecule has 10 rings (SSSR count). The number of hydrogen-bond donors (Lipinski definition) is 1. The van der Waals surface area contributed by atoms with Crippen LogP contribution in [0.2, 0.25) is 10.0 Å². The summed E-state index contributed by atoms with van der Waals surface area (Å²) in [5, 5.41) is 14.8. The van der Waals surface area contributed by atoms with Crippen molar-refractivity contribution < 1.29 is 9.53 Å². The van der Waals surface area contributed by atoms with Crippen LogP contribution in [0.1, 0.15) is 106 Å². The summed E-state index contributed by atoms with van der Waals surface area (Å²) in [6.07, 6.45) is 32.6. The summed E-state index contributed by atoms with van der Waals surface area (Å²) in [6.45, 7) is 15.1. The number of ether oxygens (including phenoxy) is 1. The standard InChI is InChI=1S/C31H36ClN4O2.C26H28ClN4/c1-21-19-35(20-34-21)14-6-8-23-17-24-7-5-13-33-29(24)28(26-10-9-25(32)18-27(23)26)22-11-15-36(16-12-22)30(37)38-31(2,3)4;1-18-16-31(17-30-18)13-3-5-20-14-21-4-2-10-29-26(21)25(19-8-11-28-12-9-19)23-7-6-22(27)15-24(20)23/h5,7,9-10,13,17-20,22H,6,8,11-12,14-16H2,1-4H3;2,4,6-7,10,14-17,19,28H,3,5,8-9,11-13H2,1H3/q2*-1. The van der Waals surface area contributed by atoms with E-state index in [-0.39, 0.29) is 12.0 Å². The highest BCUT2D eigenvalue weighted by atomic mass is 35.5. The smallest absolute Gasteiger partial charge is 0.410 e. The summed E-state index contributed by atoms with van der Waals surface area (Å²) < 4.78 is 9.95. The van der Waals surface area contributed by atoms with Crippen LogP contribution in [0.25, 0.3) is 32.9 Å². The van der Waals surface area contributed by atoms with Crippen LogP contribution in [0.15, 0.2) is 133 Å². The maximum absolute atomic E-state index is 12.7. The molecule has 2 aromatic carbocycles. The number of imidazole rings is 2. The van der Waals surface area contributed by atoms with E-state index in [9.17, 15) is 4.79 Å². The summed E-state index contributed by atoms with van der Waals surface area (Å²) in [5.41, 5.74) is 16.3. The predicted molar refractivity (Wildman–Crippen MR) is 282 cm³/mol. The van der Waals surface area contributed by atoms with Gasteiger partial charge in [-0.2, -0.15) is 12.4 Å². The molecule has 10 nitrogen and oxygen atoms in total. The van der Waals surface area contributed by atoms with Gasteiger partial charge in [0, 0.05) is 48.6 Å². The Morgan fingerprint density at radius 2 is 1.19 bits per heavy atom. The summed E-state index contributed by atoms with van der Waals surface area (Å²) in [6, 6.07) is 12.6. The van der Waals surface area contributed by atoms with Crippen molar-refractivity contribution in [3.63, 3.8) is 0 Å². The van der Waals surface area contributed by atoms with Gasteiger partial charge in [-0.3, -0.25) is 0 Å². The number of piperidine rings is 2. The molecule has 2 fully saturated rings. The molecule has 2 saturated heterocycles. The fourth-order valence-corrected chi connectivity index (χ4v) is 10.8. The Morgan fingerprint density at radius 3 is 1.64 bits per heavy atom. The van der Waals surface area contributed by atoms with Crippen molar-refractivity contribution in [2.45, 2.75) is 105 Å². The second kappa shape index (κ2) is 21.5. The molecule has 1 N–H and O–H groups in total. The van der Waals surface area contributed by atoms with Gasteiger partial charge in [0.05, 0.1) is 24.0 Å². The minimum absolute atomic E-state index is 0.232. The van der Waals surface area contributed by atoms with E-state index in [1.165, 1.54) is 50.1 Å². The minimum Gasteiger partial charge on any atom is -0.663 e. The second-order valence-corrected chi connectivity index (χ2v) is 20.8. The molecule has 6 aliphatic rings. The Bertz CT molecular complexity index is 2810. The molecule has 0 atom stereocenters. The number of hydrogen-bond acceptors (Lipinski definition) is 5. The number of amides is 1. The summed E-state index contributed by atoms with van der Waals surface area (Å²) >= 11 is 13.1. The third kappa shape index (κ3) is 11.6. The number of carbonyl (C=O) groups excluding carboxylic acids is 1. The zero-order valence-electron chi connectivity index (χ0n) is 40.6. The van der Waals surface area contributed by atoms with Crippen LogP contribution in [0.5, 0.6) is 0 Å². The Hall–Kier alpha value is -5.81. The van der Waals surface area contributed by atoms with Crippen molar-refractivity contribution in [3.05, 3.63) is 187 Å². The lowest BCUT2D eigenvalue weighted by molar-refractivity contribution is 0.0199. The van der Waals surface area contributed by atoms with Crippen LogP contribution in [-0.4, -0.2) is 61.9 Å². The number of likely N-dealkylation sites (tertiary alicyclic amines) is 1. The maximum atomic E-state index is 12.7. The number of aromatic nitrogens is 4. The van der Waals surface area contributed by atoms with Gasteiger partial charge in [0.25, 0.3) is 0 Å². The van der Waals surface area contributed by atoms with Gasteiger partial charge >= 0.3 is 6.09 Å². The van der Waals surface area contributed by atoms with Crippen molar-refractivity contribution in [2.24, 2.45) is 11.8 Å². The molecule has 6 heterocycles. The topological polar surface area (TPSA) is 105 Å². The molecule has 69 heavy (non-hydrogen) atoms. The number of aryl methyl sites for hydroxylation is 4. The van der Waals surface area contributed by atoms with E-state index in [0.717, 1.165) is 116 Å². The van der Waals surface area contributed by atoms with Crippen LogP contribution >= 0.6 is 23.2 Å². The highest BCUT2D eigenvalue weighted by Gasteiger charge is 2.32. The van der Waals surface area contributed by atoms with Gasteiger partial charge in [-0.25, -0.2) is 14.8 Å². The molecule has 4 aliphatic heterocycles. The van der Waals surface area contributed by atoms with Crippen LogP contribution < -0.4 is 5.32 Å². The lowest BCUT2D eigenvalue weighted by Gasteiger charge is -2.38. The van der Waals surface area contributed by atoms with Gasteiger partial charge in [0.15, 0.2) is 0 Å². The summed E-state index contributed by atoms with van der Waals surface area (Å²) in [5.74, 6) is 0.792. The van der Waals surface area contributed by atoms with Gasteiger partial charge in [0.1, 0.15) is 5.60 Å². The molecule has 12 heteroatoms. The highest BCUT2D eigenvalue weighted by molar-refractivity contribution is 6.31. The van der Waals surface area contributed by atoms with E-state index in [0.29, 0.717) is 19.0 Å². The van der Waals surface area contributed by atoms with E-state index in [1.54, 1.807) is 0 Å². The largest absolute Gasteiger partial charge is 0.663 e. The van der Waals surface area contributed by atoms with E-state index in [2.05, 4.69) is 85.4 Å². The molecule has 0 bridgehead atoms. The Morgan fingerprint density at radius 1 is 0.710 bits per heavy atom. The predicted octanol–water partition coefficient (Wildman–Crippen LogP) is 14.2. The molecule has 1 amide bonds. The normalized spacial score (nSPS) is 18.2. The van der Waals surface area contributed by atoms with Crippen LogP contribution in [-0.2, 0) is 17.8 Å². The molecule has 0 saturated carbocycles. The molecular weight excluding hydrogens is 900 g/mol. The van der Waals surface area contributed by atoms with E-state index < -0.39 is 5.60 Å². The van der Waals surface area contributed by atoms with E-state index in [4.69, 9.17) is 38.6 Å². The summed E-state index contributed by atoms with van der Waals surface area (Å²) in [4.78, 5) is 23.2. The quantitative estimate of drug-likeness (QED) is 0.170. The number of benzene rings is 2. The first-order chi connectivity index (χ1) is 33.4. The molecular formula is C57H64Cl2N8O2-2. The zero-order chi connectivity index (χ0) is 48.1. The van der Waals surface area contributed by atoms with Gasteiger partial charge in [-0.15, -0.1) is 11.4 Å². The number of halogens is 2. The fourth-order valence-electron chi connectivity index (χ4n) is 10.5. The Balaban J connectivity index is 0.000000175. The Kier molecular flexibility index (Phi) is 15.0. The first-order valence-electron chi connectivity index (χ1n) is 24.7. The monoisotopic (exact) mass is 962 g/mol. The van der Waals surface area contributed by atoms with Gasteiger partial charge in [0.2, 0.25) is 0 Å². The van der Waals surface area contributed by atoms with Gasteiger partial charge in [-0.1, -0.05) is 82.9 Å². The van der Waals surface area contributed by atoms with Crippen molar-refractivity contribution in [2.75, 3.05) is 26.2 Å². The first kappa shape index (κ1) is 48.2. The zero-order valence-corrected chi connectivity index (χ0v) is 42.2. The number of fused-ring (bicyclic) bond motifs is 4.